The van der Waals surface area contributed by atoms with Crippen molar-refractivity contribution in [3.63, 3.8) is 0 Å². The fourth-order valence-corrected chi connectivity index (χ4v) is 4.60. The van der Waals surface area contributed by atoms with Crippen LogP contribution in [0.15, 0.2) is 51.7 Å². The topological polar surface area (TPSA) is 76.3 Å². The maximum atomic E-state index is 14.8. The third kappa shape index (κ3) is 2.75. The minimum absolute atomic E-state index is 0.0631. The second kappa shape index (κ2) is 7.00. The molecule has 3 heterocycles. The summed E-state index contributed by atoms with van der Waals surface area (Å²) in [5.41, 5.74) is 0.0369. The molecular weight excluding hydrogens is 429 g/mol. The lowest BCUT2D eigenvalue weighted by atomic mass is 9.98. The summed E-state index contributed by atoms with van der Waals surface area (Å²) in [7, 11) is 0. The van der Waals surface area contributed by atoms with Gasteiger partial charge in [-0.3, -0.25) is 14.5 Å². The molecule has 0 saturated heterocycles. The van der Waals surface area contributed by atoms with Gasteiger partial charge in [0.2, 0.25) is 10.9 Å². The Kier molecular flexibility index (Phi) is 4.41. The van der Waals surface area contributed by atoms with E-state index in [1.807, 2.05) is 6.92 Å². The van der Waals surface area contributed by atoms with Crippen LogP contribution in [0.25, 0.3) is 11.0 Å². The molecule has 30 heavy (non-hydrogen) atoms. The summed E-state index contributed by atoms with van der Waals surface area (Å²) in [4.78, 5) is 28.0. The minimum Gasteiger partial charge on any atom is -0.450 e. The first-order valence-corrected chi connectivity index (χ1v) is 10.4. The van der Waals surface area contributed by atoms with Gasteiger partial charge < -0.3 is 4.42 Å². The summed E-state index contributed by atoms with van der Waals surface area (Å²) in [6, 6.07) is 9.59. The zero-order valence-corrected chi connectivity index (χ0v) is 17.1. The zero-order valence-electron chi connectivity index (χ0n) is 15.6. The molecule has 0 spiro atoms. The Morgan fingerprint density at radius 3 is 2.73 bits per heavy atom. The Bertz CT molecular complexity index is 1380. The number of carbonyl (C=O) groups is 1. The maximum Gasteiger partial charge on any atom is 0.297 e. The van der Waals surface area contributed by atoms with Gasteiger partial charge in [-0.25, -0.2) is 4.39 Å². The van der Waals surface area contributed by atoms with E-state index in [-0.39, 0.29) is 33.0 Å². The number of nitrogens with zero attached hydrogens (tertiary/aromatic N) is 3. The van der Waals surface area contributed by atoms with Crippen molar-refractivity contribution in [2.24, 2.45) is 0 Å². The zero-order chi connectivity index (χ0) is 21.0. The lowest BCUT2D eigenvalue weighted by Gasteiger charge is -2.22. The van der Waals surface area contributed by atoms with Crippen molar-refractivity contribution < 1.29 is 13.6 Å². The highest BCUT2D eigenvalue weighted by Crippen LogP contribution is 2.42. The molecule has 0 bridgehead atoms. The van der Waals surface area contributed by atoms with E-state index in [1.54, 1.807) is 24.3 Å². The molecule has 150 valence electrons. The largest absolute Gasteiger partial charge is 0.450 e. The third-order valence-corrected chi connectivity index (χ3v) is 6.30. The second-order valence-electron chi connectivity index (χ2n) is 6.75. The van der Waals surface area contributed by atoms with Gasteiger partial charge in [0.15, 0.2) is 5.43 Å². The number of anilines is 1. The van der Waals surface area contributed by atoms with Gasteiger partial charge >= 0.3 is 0 Å². The molecule has 9 heteroatoms. The predicted octanol–water partition coefficient (Wildman–Crippen LogP) is 4.75. The van der Waals surface area contributed by atoms with Crippen LogP contribution in [0.3, 0.4) is 0 Å². The van der Waals surface area contributed by atoms with Crippen molar-refractivity contribution >= 4 is 44.9 Å². The fourth-order valence-electron chi connectivity index (χ4n) is 3.62. The number of carbonyl (C=O) groups excluding carboxylic acids is 1. The van der Waals surface area contributed by atoms with Crippen LogP contribution in [0, 0.1) is 5.82 Å². The number of hydrogen-bond acceptors (Lipinski definition) is 6. The quantitative estimate of drug-likeness (QED) is 0.458. The van der Waals surface area contributed by atoms with E-state index in [1.165, 1.54) is 34.4 Å². The van der Waals surface area contributed by atoms with Crippen molar-refractivity contribution in [2.75, 3.05) is 4.90 Å². The molecule has 2 aromatic heterocycles. The number of amides is 1. The van der Waals surface area contributed by atoms with E-state index in [0.29, 0.717) is 11.4 Å². The van der Waals surface area contributed by atoms with Gasteiger partial charge in [-0.2, -0.15) is 0 Å². The molecule has 5 rings (SSSR count). The van der Waals surface area contributed by atoms with Gasteiger partial charge in [-0.05, 0) is 30.7 Å². The number of aryl methyl sites for hydroxylation is 1. The van der Waals surface area contributed by atoms with Crippen LogP contribution in [0.4, 0.5) is 9.52 Å². The van der Waals surface area contributed by atoms with Crippen molar-refractivity contribution in [3.05, 3.63) is 85.4 Å². The van der Waals surface area contributed by atoms with Gasteiger partial charge in [0.1, 0.15) is 22.4 Å². The number of fused-ring (bicyclic) bond motifs is 2. The SMILES string of the molecule is CCc1nnc(N2C(=O)c3oc4ccc(Cl)cc4c(=O)c3C2c2ccccc2F)s1. The van der Waals surface area contributed by atoms with E-state index < -0.39 is 23.2 Å². The van der Waals surface area contributed by atoms with Gasteiger partial charge in [-0.15, -0.1) is 10.2 Å². The molecule has 4 aromatic rings. The van der Waals surface area contributed by atoms with Crippen molar-refractivity contribution in [1.29, 1.82) is 0 Å². The first-order chi connectivity index (χ1) is 14.5. The van der Waals surface area contributed by atoms with Gasteiger partial charge in [-0.1, -0.05) is 48.1 Å². The molecular formula is C21H13ClFN3O3S. The van der Waals surface area contributed by atoms with E-state index in [4.69, 9.17) is 16.0 Å². The number of halogens is 2. The smallest absolute Gasteiger partial charge is 0.297 e. The first-order valence-electron chi connectivity index (χ1n) is 9.16. The van der Waals surface area contributed by atoms with E-state index in [0.717, 1.165) is 5.01 Å². The Morgan fingerprint density at radius 2 is 2.00 bits per heavy atom. The number of hydrogen-bond donors (Lipinski definition) is 0. The molecule has 1 atom stereocenters. The van der Waals surface area contributed by atoms with Crippen molar-refractivity contribution in [1.82, 2.24) is 10.2 Å². The minimum atomic E-state index is -1.02. The number of aromatic nitrogens is 2. The Morgan fingerprint density at radius 1 is 1.20 bits per heavy atom. The van der Waals surface area contributed by atoms with Crippen molar-refractivity contribution in [2.45, 2.75) is 19.4 Å². The molecule has 1 unspecified atom stereocenters. The molecule has 0 radical (unpaired) electrons. The van der Waals surface area contributed by atoms with Crippen LogP contribution in [0.1, 0.15) is 39.7 Å². The number of benzene rings is 2. The van der Waals surface area contributed by atoms with Crippen LogP contribution in [-0.2, 0) is 6.42 Å². The van der Waals surface area contributed by atoms with Crippen LogP contribution >= 0.6 is 22.9 Å². The number of rotatable bonds is 3. The van der Waals surface area contributed by atoms with E-state index >= 15 is 0 Å². The lowest BCUT2D eigenvalue weighted by molar-refractivity contribution is 0.0970. The Hall–Kier alpha value is -3.10. The fraction of sp³-hybridized carbons (Fsp3) is 0.143. The molecule has 0 aliphatic carbocycles. The van der Waals surface area contributed by atoms with Crippen LogP contribution in [-0.4, -0.2) is 16.1 Å². The average molecular weight is 442 g/mol. The average Bonchev–Trinajstić information content (AvgIpc) is 3.32. The van der Waals surface area contributed by atoms with Gasteiger partial charge in [0.25, 0.3) is 5.91 Å². The first kappa shape index (κ1) is 18.9. The summed E-state index contributed by atoms with van der Waals surface area (Å²) in [5.74, 6) is -1.23. The molecule has 1 aliphatic rings. The van der Waals surface area contributed by atoms with Gasteiger partial charge in [0.05, 0.1) is 10.9 Å². The highest BCUT2D eigenvalue weighted by atomic mass is 35.5. The Balaban J connectivity index is 1.83. The summed E-state index contributed by atoms with van der Waals surface area (Å²) >= 11 is 7.27. The van der Waals surface area contributed by atoms with Crippen molar-refractivity contribution in [3.8, 4) is 0 Å². The Labute approximate surface area is 178 Å². The summed E-state index contributed by atoms with van der Waals surface area (Å²) < 4.78 is 20.6. The monoisotopic (exact) mass is 441 g/mol. The molecule has 1 aliphatic heterocycles. The third-order valence-electron chi connectivity index (χ3n) is 5.00. The molecule has 0 N–H and O–H groups in total. The van der Waals surface area contributed by atoms with E-state index in [2.05, 4.69) is 10.2 Å². The normalized spacial score (nSPS) is 15.8. The summed E-state index contributed by atoms with van der Waals surface area (Å²) in [6.45, 7) is 1.92. The molecule has 0 fully saturated rings. The molecule has 2 aromatic carbocycles. The maximum absolute atomic E-state index is 14.8. The lowest BCUT2D eigenvalue weighted by Crippen LogP contribution is -2.30. The van der Waals surface area contributed by atoms with Gasteiger partial charge in [0, 0.05) is 10.6 Å². The predicted molar refractivity (Wildman–Crippen MR) is 112 cm³/mol. The molecule has 0 saturated carbocycles. The van der Waals surface area contributed by atoms with E-state index in [9.17, 15) is 14.0 Å². The summed E-state index contributed by atoms with van der Waals surface area (Å²) in [6.07, 6.45) is 0.635. The molecule has 6 nitrogen and oxygen atoms in total. The highest BCUT2D eigenvalue weighted by Gasteiger charge is 2.46. The second-order valence-corrected chi connectivity index (χ2v) is 8.22. The highest BCUT2D eigenvalue weighted by molar-refractivity contribution is 7.15. The van der Waals surface area contributed by atoms with Crippen LogP contribution < -0.4 is 10.3 Å². The molecule has 1 amide bonds. The summed E-state index contributed by atoms with van der Waals surface area (Å²) in [5, 5.41) is 9.76. The van der Waals surface area contributed by atoms with Crippen LogP contribution in [0.2, 0.25) is 5.02 Å². The standard InChI is InChI=1S/C21H13ClFN3O3S/c1-2-15-24-25-21(30-15)26-17(11-5-3-4-6-13(11)23)16-18(27)12-9-10(22)7-8-14(12)29-19(16)20(26)28/h3-9,17H,2H2,1H3. The van der Waals surface area contributed by atoms with Crippen LogP contribution in [0.5, 0.6) is 0 Å².